The highest BCUT2D eigenvalue weighted by molar-refractivity contribution is 6.02. The SMILES string of the molecule is CN(C(=O)c1cc2cccc([N+](=O)[O-])c2[nH]1)C1(C(=O)O)CCCCC1. The lowest BCUT2D eigenvalue weighted by atomic mass is 9.80. The average Bonchev–Trinajstić information content (AvgIpc) is 3.04. The van der Waals surface area contributed by atoms with E-state index >= 15 is 0 Å². The largest absolute Gasteiger partial charge is 0.479 e. The number of carboxylic acid groups (broad SMARTS) is 1. The first-order valence-electron chi connectivity index (χ1n) is 8.14. The smallest absolute Gasteiger partial charge is 0.329 e. The van der Waals surface area contributed by atoms with Gasteiger partial charge in [-0.25, -0.2) is 4.79 Å². The number of H-pyrrole nitrogens is 1. The van der Waals surface area contributed by atoms with Crippen LogP contribution in [0.15, 0.2) is 24.3 Å². The van der Waals surface area contributed by atoms with Crippen LogP contribution in [0, 0.1) is 10.1 Å². The molecule has 1 heterocycles. The number of rotatable bonds is 4. The van der Waals surface area contributed by atoms with Crippen LogP contribution in [0.4, 0.5) is 5.69 Å². The molecule has 1 aromatic heterocycles. The maximum atomic E-state index is 12.9. The van der Waals surface area contributed by atoms with Gasteiger partial charge in [-0.1, -0.05) is 31.4 Å². The van der Waals surface area contributed by atoms with Crippen molar-refractivity contribution in [1.82, 2.24) is 9.88 Å². The number of para-hydroxylation sites is 1. The number of nitrogens with one attached hydrogen (secondary N) is 1. The predicted octanol–water partition coefficient (Wildman–Crippen LogP) is 2.94. The fraction of sp³-hybridized carbons (Fsp3) is 0.412. The number of aliphatic carboxylic acids is 1. The summed E-state index contributed by atoms with van der Waals surface area (Å²) in [5.74, 6) is -1.49. The van der Waals surface area contributed by atoms with Crippen LogP contribution >= 0.6 is 0 Å². The van der Waals surface area contributed by atoms with Crippen LogP contribution in [0.25, 0.3) is 10.9 Å². The topological polar surface area (TPSA) is 117 Å². The zero-order valence-electron chi connectivity index (χ0n) is 13.8. The van der Waals surface area contributed by atoms with Crippen LogP contribution in [0.1, 0.15) is 42.6 Å². The number of nitrogens with zero attached hydrogens (tertiary/aromatic N) is 2. The van der Waals surface area contributed by atoms with E-state index in [-0.39, 0.29) is 16.9 Å². The molecule has 1 aromatic carbocycles. The summed E-state index contributed by atoms with van der Waals surface area (Å²) in [4.78, 5) is 39.4. The van der Waals surface area contributed by atoms with Gasteiger partial charge in [0.1, 0.15) is 16.7 Å². The van der Waals surface area contributed by atoms with Gasteiger partial charge in [-0.15, -0.1) is 0 Å². The molecule has 8 nitrogen and oxygen atoms in total. The Hall–Kier alpha value is -2.90. The lowest BCUT2D eigenvalue weighted by Crippen LogP contribution is -2.56. The maximum Gasteiger partial charge on any atom is 0.329 e. The Balaban J connectivity index is 2.00. The minimum Gasteiger partial charge on any atom is -0.479 e. The Morgan fingerprint density at radius 2 is 1.96 bits per heavy atom. The van der Waals surface area contributed by atoms with Crippen molar-refractivity contribution in [2.75, 3.05) is 7.05 Å². The number of aromatic amines is 1. The maximum absolute atomic E-state index is 12.9. The summed E-state index contributed by atoms with van der Waals surface area (Å²) < 4.78 is 0. The van der Waals surface area contributed by atoms with E-state index in [2.05, 4.69) is 4.98 Å². The van der Waals surface area contributed by atoms with Crippen LogP contribution in [0.5, 0.6) is 0 Å². The van der Waals surface area contributed by atoms with Crippen LogP contribution in [-0.2, 0) is 4.79 Å². The molecule has 25 heavy (non-hydrogen) atoms. The minimum atomic E-state index is -1.22. The van der Waals surface area contributed by atoms with Crippen molar-refractivity contribution in [2.45, 2.75) is 37.6 Å². The van der Waals surface area contributed by atoms with Crippen molar-refractivity contribution in [3.63, 3.8) is 0 Å². The molecule has 0 atom stereocenters. The Kier molecular flexibility index (Phi) is 4.20. The zero-order valence-corrected chi connectivity index (χ0v) is 13.8. The second-order valence-corrected chi connectivity index (χ2v) is 6.44. The number of likely N-dealkylation sites (N-methyl/N-ethyl adjacent to an activating group) is 1. The minimum absolute atomic E-state index is 0.121. The van der Waals surface area contributed by atoms with Gasteiger partial charge in [0, 0.05) is 18.5 Å². The van der Waals surface area contributed by atoms with Crippen molar-refractivity contribution in [2.24, 2.45) is 0 Å². The number of fused-ring (bicyclic) bond motifs is 1. The molecular formula is C17H19N3O5. The van der Waals surface area contributed by atoms with E-state index in [4.69, 9.17) is 0 Å². The van der Waals surface area contributed by atoms with Gasteiger partial charge >= 0.3 is 5.97 Å². The number of hydrogen-bond donors (Lipinski definition) is 2. The van der Waals surface area contributed by atoms with E-state index in [9.17, 15) is 24.8 Å². The van der Waals surface area contributed by atoms with E-state index in [1.54, 1.807) is 12.1 Å². The Labute approximate surface area is 143 Å². The molecule has 1 aliphatic carbocycles. The van der Waals surface area contributed by atoms with Gasteiger partial charge in [-0.2, -0.15) is 0 Å². The summed E-state index contributed by atoms with van der Waals surface area (Å²) in [6, 6.07) is 6.10. The fourth-order valence-corrected chi connectivity index (χ4v) is 3.61. The van der Waals surface area contributed by atoms with Gasteiger partial charge in [-0.3, -0.25) is 14.9 Å². The Morgan fingerprint density at radius 1 is 1.28 bits per heavy atom. The summed E-state index contributed by atoms with van der Waals surface area (Å²) in [7, 11) is 1.49. The molecule has 0 spiro atoms. The van der Waals surface area contributed by atoms with E-state index in [1.165, 1.54) is 24.1 Å². The molecule has 0 bridgehead atoms. The number of carbonyl (C=O) groups excluding carboxylic acids is 1. The number of amides is 1. The average molecular weight is 345 g/mol. The van der Waals surface area contributed by atoms with Gasteiger partial charge in [0.05, 0.1) is 4.92 Å². The second-order valence-electron chi connectivity index (χ2n) is 6.44. The molecule has 1 aliphatic rings. The second kappa shape index (κ2) is 6.19. The van der Waals surface area contributed by atoms with Crippen LogP contribution in [-0.4, -0.2) is 44.4 Å². The van der Waals surface area contributed by atoms with Gasteiger partial charge in [0.15, 0.2) is 0 Å². The lowest BCUT2D eigenvalue weighted by Gasteiger charge is -2.40. The highest BCUT2D eigenvalue weighted by Crippen LogP contribution is 2.35. The molecule has 0 aliphatic heterocycles. The quantitative estimate of drug-likeness (QED) is 0.653. The number of hydrogen-bond acceptors (Lipinski definition) is 4. The van der Waals surface area contributed by atoms with Crippen LogP contribution in [0.2, 0.25) is 0 Å². The van der Waals surface area contributed by atoms with Crippen molar-refractivity contribution >= 4 is 28.5 Å². The normalized spacial score (nSPS) is 16.5. The summed E-state index contributed by atoms with van der Waals surface area (Å²) in [5, 5.41) is 21.4. The lowest BCUT2D eigenvalue weighted by molar-refractivity contribution is -0.383. The number of carboxylic acids is 1. The molecule has 132 valence electrons. The van der Waals surface area contributed by atoms with Crippen molar-refractivity contribution < 1.29 is 19.6 Å². The van der Waals surface area contributed by atoms with Gasteiger partial charge in [0.25, 0.3) is 11.6 Å². The van der Waals surface area contributed by atoms with E-state index in [1.807, 2.05) is 0 Å². The number of aromatic nitrogens is 1. The number of non-ortho nitro benzene ring substituents is 1. The van der Waals surface area contributed by atoms with Gasteiger partial charge in [0.2, 0.25) is 0 Å². The molecule has 0 radical (unpaired) electrons. The van der Waals surface area contributed by atoms with Gasteiger partial charge in [-0.05, 0) is 18.9 Å². The van der Waals surface area contributed by atoms with E-state index in [0.29, 0.717) is 18.2 Å². The number of nitro groups is 1. The van der Waals surface area contributed by atoms with Crippen LogP contribution < -0.4 is 0 Å². The van der Waals surface area contributed by atoms with Crippen molar-refractivity contribution in [3.8, 4) is 0 Å². The van der Waals surface area contributed by atoms with Crippen LogP contribution in [0.3, 0.4) is 0 Å². The Bertz CT molecular complexity index is 851. The fourth-order valence-electron chi connectivity index (χ4n) is 3.61. The summed E-state index contributed by atoms with van der Waals surface area (Å²) in [6.45, 7) is 0. The number of carbonyl (C=O) groups is 2. The van der Waals surface area contributed by atoms with E-state index in [0.717, 1.165) is 19.3 Å². The number of nitro benzene ring substituents is 1. The summed E-state index contributed by atoms with van der Waals surface area (Å²) in [6.07, 6.45) is 3.27. The molecule has 1 amide bonds. The molecule has 2 N–H and O–H groups in total. The monoisotopic (exact) mass is 345 g/mol. The first-order valence-corrected chi connectivity index (χ1v) is 8.14. The summed E-state index contributed by atoms with van der Waals surface area (Å²) >= 11 is 0. The molecule has 1 fully saturated rings. The Morgan fingerprint density at radius 3 is 2.56 bits per heavy atom. The first-order chi connectivity index (χ1) is 11.9. The van der Waals surface area contributed by atoms with Crippen molar-refractivity contribution in [1.29, 1.82) is 0 Å². The molecule has 3 rings (SSSR count). The standard InChI is InChI=1S/C17H19N3O5/c1-19(17(16(22)23)8-3-2-4-9-17)15(21)12-10-11-6-5-7-13(20(24)25)14(11)18-12/h5-7,10,18H,2-4,8-9H2,1H3,(H,22,23). The van der Waals surface area contributed by atoms with Gasteiger partial charge < -0.3 is 15.0 Å². The molecule has 2 aromatic rings. The van der Waals surface area contributed by atoms with E-state index < -0.39 is 22.3 Å². The third kappa shape index (κ3) is 2.73. The molecule has 0 unspecified atom stereocenters. The third-order valence-electron chi connectivity index (χ3n) is 5.09. The summed E-state index contributed by atoms with van der Waals surface area (Å²) in [5.41, 5.74) is -0.932. The highest BCUT2D eigenvalue weighted by atomic mass is 16.6. The number of benzene rings is 1. The van der Waals surface area contributed by atoms with Crippen molar-refractivity contribution in [3.05, 3.63) is 40.1 Å². The highest BCUT2D eigenvalue weighted by Gasteiger charge is 2.45. The predicted molar refractivity (Wildman–Crippen MR) is 90.5 cm³/mol. The zero-order chi connectivity index (χ0) is 18.2. The molecular weight excluding hydrogens is 326 g/mol. The molecule has 0 saturated heterocycles. The molecule has 8 heteroatoms. The first kappa shape index (κ1) is 16.9. The third-order valence-corrected chi connectivity index (χ3v) is 5.09. The molecule has 1 saturated carbocycles.